The maximum absolute atomic E-state index is 10.0. The van der Waals surface area contributed by atoms with Crippen LogP contribution in [0.25, 0.3) is 0 Å². The van der Waals surface area contributed by atoms with Crippen LogP contribution in [0.15, 0.2) is 30.0 Å². The summed E-state index contributed by atoms with van der Waals surface area (Å²) in [7, 11) is 3.79. The Morgan fingerprint density at radius 2 is 2.13 bits per heavy atom. The maximum Gasteiger partial charge on any atom is 0.161 e. The molecule has 3 rings (SSSR count). The molecule has 1 N–H and O–H groups in total. The molecule has 0 unspecified atom stereocenters. The zero-order valence-electron chi connectivity index (χ0n) is 14.3. The van der Waals surface area contributed by atoms with E-state index in [4.69, 9.17) is 9.47 Å². The van der Waals surface area contributed by atoms with Crippen molar-refractivity contribution < 1.29 is 14.6 Å². The number of aliphatic hydroxyl groups excluding tert-OH is 1. The number of nitrogens with zero attached hydrogens (tertiary/aromatic N) is 1. The molecule has 0 aromatic heterocycles. The van der Waals surface area contributed by atoms with Crippen LogP contribution < -0.4 is 9.47 Å². The highest BCUT2D eigenvalue weighted by Gasteiger charge is 2.45. The summed E-state index contributed by atoms with van der Waals surface area (Å²) in [5, 5.41) is 10.0. The molecule has 1 aromatic carbocycles. The van der Waals surface area contributed by atoms with E-state index < -0.39 is 0 Å². The van der Waals surface area contributed by atoms with Crippen LogP contribution in [0.2, 0.25) is 0 Å². The molecule has 0 saturated carbocycles. The minimum atomic E-state index is -0.326. The quantitative estimate of drug-likeness (QED) is 0.906. The van der Waals surface area contributed by atoms with Crippen LogP contribution in [-0.2, 0) is 5.41 Å². The number of methoxy groups -OCH3 is 1. The number of hydrogen-bond donors (Lipinski definition) is 1. The van der Waals surface area contributed by atoms with Crippen molar-refractivity contribution in [1.82, 2.24) is 4.90 Å². The molecule has 4 heteroatoms. The van der Waals surface area contributed by atoms with Crippen LogP contribution in [0.3, 0.4) is 0 Å². The Hall–Kier alpha value is -1.68. The highest BCUT2D eigenvalue weighted by atomic mass is 16.5. The normalized spacial score (nSPS) is 26.7. The second kappa shape index (κ2) is 6.44. The van der Waals surface area contributed by atoms with Gasteiger partial charge in [0.1, 0.15) is 0 Å². The molecule has 0 radical (unpaired) electrons. The average molecular weight is 317 g/mol. The number of fused-ring (bicyclic) bond motifs is 1. The molecule has 1 saturated heterocycles. The first-order valence-electron chi connectivity index (χ1n) is 8.53. The van der Waals surface area contributed by atoms with E-state index in [0.29, 0.717) is 6.61 Å². The van der Waals surface area contributed by atoms with Gasteiger partial charge in [0.25, 0.3) is 0 Å². The van der Waals surface area contributed by atoms with Gasteiger partial charge in [0.15, 0.2) is 11.5 Å². The maximum atomic E-state index is 10.0. The van der Waals surface area contributed by atoms with Gasteiger partial charge < -0.3 is 19.5 Å². The summed E-state index contributed by atoms with van der Waals surface area (Å²) < 4.78 is 11.3. The van der Waals surface area contributed by atoms with Crippen molar-refractivity contribution in [1.29, 1.82) is 0 Å². The number of rotatable bonds is 5. The van der Waals surface area contributed by atoms with Crippen molar-refractivity contribution in [3.8, 4) is 11.5 Å². The first-order valence-corrected chi connectivity index (χ1v) is 8.53. The van der Waals surface area contributed by atoms with E-state index in [2.05, 4.69) is 31.0 Å². The number of likely N-dealkylation sites (tertiary alicyclic amines) is 1. The molecule has 1 aliphatic heterocycles. The van der Waals surface area contributed by atoms with Gasteiger partial charge in [0, 0.05) is 24.7 Å². The van der Waals surface area contributed by atoms with Crippen molar-refractivity contribution in [2.45, 2.75) is 44.1 Å². The predicted octanol–water partition coefficient (Wildman–Crippen LogP) is 3.10. The standard InChI is InChI=1S/C19H27NO3/c1-4-11-23-17-12-14(5-6-16(17)22-3)19-8-7-15(21)13-18(19)20(2)10-9-19/h5-6,12-13,15,21H,4,7-11H2,1-3H3/t15-,19-/m0/s1. The van der Waals surface area contributed by atoms with E-state index in [0.717, 1.165) is 43.7 Å². The van der Waals surface area contributed by atoms with Crippen molar-refractivity contribution >= 4 is 0 Å². The van der Waals surface area contributed by atoms with Gasteiger partial charge in [0.05, 0.1) is 19.8 Å². The van der Waals surface area contributed by atoms with Gasteiger partial charge in [-0.2, -0.15) is 0 Å². The summed E-state index contributed by atoms with van der Waals surface area (Å²) in [6.07, 6.45) is 5.55. The lowest BCUT2D eigenvalue weighted by Gasteiger charge is -2.37. The largest absolute Gasteiger partial charge is 0.493 e. The van der Waals surface area contributed by atoms with Crippen LogP contribution in [0.1, 0.15) is 38.2 Å². The molecule has 4 nitrogen and oxygen atoms in total. The fourth-order valence-electron chi connectivity index (χ4n) is 3.91. The van der Waals surface area contributed by atoms with E-state index in [-0.39, 0.29) is 11.5 Å². The number of benzene rings is 1. The Labute approximate surface area is 138 Å². The lowest BCUT2D eigenvalue weighted by molar-refractivity contribution is 0.181. The van der Waals surface area contributed by atoms with E-state index in [1.54, 1.807) is 7.11 Å². The first-order chi connectivity index (χ1) is 11.1. The molecule has 2 atom stereocenters. The highest BCUT2D eigenvalue weighted by Crippen LogP contribution is 2.50. The zero-order chi connectivity index (χ0) is 16.4. The Morgan fingerprint density at radius 3 is 2.87 bits per heavy atom. The lowest BCUT2D eigenvalue weighted by Crippen LogP contribution is -2.33. The highest BCUT2D eigenvalue weighted by molar-refractivity contribution is 5.49. The predicted molar refractivity (Wildman–Crippen MR) is 91.0 cm³/mol. The summed E-state index contributed by atoms with van der Waals surface area (Å²) >= 11 is 0. The summed E-state index contributed by atoms with van der Waals surface area (Å²) in [4.78, 5) is 2.28. The van der Waals surface area contributed by atoms with Gasteiger partial charge in [-0.3, -0.25) is 0 Å². The molecule has 1 aliphatic carbocycles. The van der Waals surface area contributed by atoms with E-state index in [1.165, 1.54) is 11.3 Å². The van der Waals surface area contributed by atoms with E-state index in [1.807, 2.05) is 12.1 Å². The SMILES string of the molecule is CCCOc1cc([C@@]23CC[C@H](O)C=C2N(C)CC3)ccc1OC. The molecule has 23 heavy (non-hydrogen) atoms. The van der Waals surface area contributed by atoms with E-state index >= 15 is 0 Å². The van der Waals surface area contributed by atoms with Crippen molar-refractivity contribution in [2.75, 3.05) is 27.3 Å². The van der Waals surface area contributed by atoms with Gasteiger partial charge in [-0.25, -0.2) is 0 Å². The molecule has 2 aliphatic rings. The number of likely N-dealkylation sites (N-methyl/N-ethyl adjacent to an activating group) is 1. The Bertz CT molecular complexity index is 598. The Balaban J connectivity index is 2.01. The van der Waals surface area contributed by atoms with Gasteiger partial charge in [0.2, 0.25) is 0 Å². The third kappa shape index (κ3) is 2.80. The minimum Gasteiger partial charge on any atom is -0.493 e. The zero-order valence-corrected chi connectivity index (χ0v) is 14.3. The van der Waals surface area contributed by atoms with Gasteiger partial charge in [-0.05, 0) is 49.5 Å². The number of ether oxygens (including phenoxy) is 2. The summed E-state index contributed by atoms with van der Waals surface area (Å²) in [6.45, 7) is 3.81. The number of allylic oxidation sites excluding steroid dienone is 1. The van der Waals surface area contributed by atoms with Crippen LogP contribution in [0.5, 0.6) is 11.5 Å². The third-order valence-electron chi connectivity index (χ3n) is 5.17. The summed E-state index contributed by atoms with van der Waals surface area (Å²) in [5.41, 5.74) is 2.53. The van der Waals surface area contributed by atoms with Crippen LogP contribution in [0, 0.1) is 0 Å². The molecule has 1 aromatic rings. The fraction of sp³-hybridized carbons (Fsp3) is 0.579. The second-order valence-electron chi connectivity index (χ2n) is 6.63. The molecule has 1 fully saturated rings. The minimum absolute atomic E-state index is 0.00454. The first kappa shape index (κ1) is 16.2. The number of hydrogen-bond acceptors (Lipinski definition) is 4. The fourth-order valence-corrected chi connectivity index (χ4v) is 3.91. The molecule has 0 amide bonds. The van der Waals surface area contributed by atoms with Gasteiger partial charge in [-0.1, -0.05) is 13.0 Å². The molecular formula is C19H27NO3. The van der Waals surface area contributed by atoms with Gasteiger partial charge in [-0.15, -0.1) is 0 Å². The number of aliphatic hydroxyl groups is 1. The van der Waals surface area contributed by atoms with Crippen molar-refractivity contribution in [3.63, 3.8) is 0 Å². The Morgan fingerprint density at radius 1 is 1.30 bits per heavy atom. The van der Waals surface area contributed by atoms with Crippen LogP contribution >= 0.6 is 0 Å². The van der Waals surface area contributed by atoms with E-state index in [9.17, 15) is 5.11 Å². The lowest BCUT2D eigenvalue weighted by atomic mass is 9.70. The average Bonchev–Trinajstić information content (AvgIpc) is 2.90. The third-order valence-corrected chi connectivity index (χ3v) is 5.17. The Kier molecular flexibility index (Phi) is 4.53. The van der Waals surface area contributed by atoms with Crippen LogP contribution in [-0.4, -0.2) is 43.4 Å². The smallest absolute Gasteiger partial charge is 0.161 e. The van der Waals surface area contributed by atoms with Crippen molar-refractivity contribution in [3.05, 3.63) is 35.5 Å². The monoisotopic (exact) mass is 317 g/mol. The molecule has 0 spiro atoms. The molecule has 1 heterocycles. The van der Waals surface area contributed by atoms with Gasteiger partial charge >= 0.3 is 0 Å². The summed E-state index contributed by atoms with van der Waals surface area (Å²) in [6, 6.07) is 6.30. The second-order valence-corrected chi connectivity index (χ2v) is 6.63. The van der Waals surface area contributed by atoms with Crippen molar-refractivity contribution in [2.24, 2.45) is 0 Å². The molecule has 126 valence electrons. The topological polar surface area (TPSA) is 41.9 Å². The van der Waals surface area contributed by atoms with Crippen LogP contribution in [0.4, 0.5) is 0 Å². The molecular weight excluding hydrogens is 290 g/mol. The summed E-state index contributed by atoms with van der Waals surface area (Å²) in [5.74, 6) is 1.60. The molecule has 0 bridgehead atoms.